The lowest BCUT2D eigenvalue weighted by Gasteiger charge is -2.22. The maximum atomic E-state index is 10.6. The van der Waals surface area contributed by atoms with Crippen LogP contribution in [-0.4, -0.2) is 42.6 Å². The van der Waals surface area contributed by atoms with Crippen LogP contribution in [0.15, 0.2) is 52.1 Å². The molecule has 6 nitrogen and oxygen atoms in total. The molecule has 0 amide bonds. The number of hydrogen-bond acceptors (Lipinski definition) is 4. The van der Waals surface area contributed by atoms with Crippen LogP contribution in [0.1, 0.15) is 37.7 Å². The highest BCUT2D eigenvalue weighted by Crippen LogP contribution is 2.19. The number of aliphatic imine (C=N–C) groups is 1. The maximum absolute atomic E-state index is 10.6. The molecule has 0 aliphatic rings. The number of hydrogen-bond donors (Lipinski definition) is 3. The van der Waals surface area contributed by atoms with E-state index < -0.39 is 5.60 Å². The summed E-state index contributed by atoms with van der Waals surface area (Å²) >= 11 is 0. The van der Waals surface area contributed by atoms with Crippen LogP contribution in [0.25, 0.3) is 0 Å². The van der Waals surface area contributed by atoms with Gasteiger partial charge in [0.1, 0.15) is 11.4 Å². The molecule has 1 aromatic heterocycles. The van der Waals surface area contributed by atoms with Gasteiger partial charge in [0, 0.05) is 13.1 Å². The van der Waals surface area contributed by atoms with E-state index in [0.717, 1.165) is 25.2 Å². The van der Waals surface area contributed by atoms with Crippen molar-refractivity contribution in [1.29, 1.82) is 0 Å². The summed E-state index contributed by atoms with van der Waals surface area (Å²) in [6.45, 7) is 9.45. The highest BCUT2D eigenvalue weighted by atomic mass is 127. The zero-order chi connectivity index (χ0) is 19.7. The summed E-state index contributed by atoms with van der Waals surface area (Å²) in [5, 5.41) is 17.0. The summed E-state index contributed by atoms with van der Waals surface area (Å²) in [7, 11) is 2.11. The number of nitrogens with one attached hydrogen (secondary N) is 2. The molecular weight excluding hydrogens is 467 g/mol. The molecule has 0 bridgehead atoms. The van der Waals surface area contributed by atoms with Crippen LogP contribution < -0.4 is 10.6 Å². The van der Waals surface area contributed by atoms with E-state index >= 15 is 0 Å². The molecule has 0 saturated carbocycles. The van der Waals surface area contributed by atoms with Crippen LogP contribution in [0, 0.1) is 0 Å². The number of guanidine groups is 1. The summed E-state index contributed by atoms with van der Waals surface area (Å²) in [5.41, 5.74) is 1.34. The third kappa shape index (κ3) is 7.81. The molecule has 1 heterocycles. The SMILES string of the molecule is CCNC(=NCc1cccc(CN(C)CC)c1)NCC(C)(O)c1ccco1.I. The topological polar surface area (TPSA) is 73.0 Å². The molecule has 7 heteroatoms. The van der Waals surface area contributed by atoms with Gasteiger partial charge in [-0.2, -0.15) is 0 Å². The van der Waals surface area contributed by atoms with Crippen molar-refractivity contribution in [2.45, 2.75) is 39.5 Å². The fourth-order valence-electron chi connectivity index (χ4n) is 2.69. The van der Waals surface area contributed by atoms with Gasteiger partial charge >= 0.3 is 0 Å². The van der Waals surface area contributed by atoms with Crippen molar-refractivity contribution < 1.29 is 9.52 Å². The van der Waals surface area contributed by atoms with Crippen LogP contribution in [-0.2, 0) is 18.7 Å². The summed E-state index contributed by atoms with van der Waals surface area (Å²) in [6.07, 6.45) is 1.56. The molecule has 156 valence electrons. The number of halogens is 1. The van der Waals surface area contributed by atoms with Gasteiger partial charge in [-0.15, -0.1) is 24.0 Å². The smallest absolute Gasteiger partial charge is 0.191 e. The Balaban J connectivity index is 0.00000392. The van der Waals surface area contributed by atoms with Crippen LogP contribution in [0.2, 0.25) is 0 Å². The molecule has 2 aromatic rings. The van der Waals surface area contributed by atoms with Gasteiger partial charge in [-0.3, -0.25) is 0 Å². The van der Waals surface area contributed by atoms with E-state index in [0.29, 0.717) is 24.8 Å². The average Bonchev–Trinajstić information content (AvgIpc) is 3.20. The molecule has 0 radical (unpaired) electrons. The lowest BCUT2D eigenvalue weighted by molar-refractivity contribution is 0.0386. The van der Waals surface area contributed by atoms with Crippen LogP contribution in [0.3, 0.4) is 0 Å². The first-order chi connectivity index (χ1) is 12.9. The van der Waals surface area contributed by atoms with Crippen LogP contribution in [0.4, 0.5) is 0 Å². The molecule has 0 fully saturated rings. The lowest BCUT2D eigenvalue weighted by atomic mass is 10.0. The van der Waals surface area contributed by atoms with Gasteiger partial charge in [0.05, 0.1) is 19.4 Å². The van der Waals surface area contributed by atoms with E-state index in [2.05, 4.69) is 58.8 Å². The van der Waals surface area contributed by atoms with Crippen LogP contribution in [0.5, 0.6) is 0 Å². The standard InChI is InChI=1S/C21H32N4O2.HI/c1-5-22-20(24-16-21(3,26)19-11-8-12-27-19)23-14-17-9-7-10-18(13-17)15-25(4)6-2;/h7-13,26H,5-6,14-16H2,1-4H3,(H2,22,23,24);1H. The summed E-state index contributed by atoms with van der Waals surface area (Å²) in [6, 6.07) is 12.0. The number of rotatable bonds is 9. The minimum absolute atomic E-state index is 0. The lowest BCUT2D eigenvalue weighted by Crippen LogP contribution is -2.44. The van der Waals surface area contributed by atoms with Gasteiger partial charge in [0.25, 0.3) is 0 Å². The summed E-state index contributed by atoms with van der Waals surface area (Å²) < 4.78 is 5.32. The first-order valence-electron chi connectivity index (χ1n) is 9.49. The quantitative estimate of drug-likeness (QED) is 0.280. The van der Waals surface area contributed by atoms with Crippen molar-refractivity contribution >= 4 is 29.9 Å². The van der Waals surface area contributed by atoms with E-state index in [-0.39, 0.29) is 24.0 Å². The Kier molecular flexibility index (Phi) is 10.6. The molecular formula is C21H33IN4O2. The van der Waals surface area contributed by atoms with E-state index in [1.807, 2.05) is 6.92 Å². The molecule has 1 aromatic carbocycles. The first kappa shape index (κ1) is 24.5. The van der Waals surface area contributed by atoms with Crippen LogP contribution >= 0.6 is 24.0 Å². The third-order valence-corrected chi connectivity index (χ3v) is 4.40. The number of benzene rings is 1. The Hall–Kier alpha value is -1.58. The highest BCUT2D eigenvalue weighted by Gasteiger charge is 2.26. The first-order valence-corrected chi connectivity index (χ1v) is 9.49. The molecule has 3 N–H and O–H groups in total. The van der Waals surface area contributed by atoms with E-state index in [4.69, 9.17) is 4.42 Å². The Morgan fingerprint density at radius 2 is 1.93 bits per heavy atom. The Morgan fingerprint density at radius 3 is 2.57 bits per heavy atom. The predicted octanol–water partition coefficient (Wildman–Crippen LogP) is 3.31. The van der Waals surface area contributed by atoms with Crippen molar-refractivity contribution in [3.05, 3.63) is 59.5 Å². The van der Waals surface area contributed by atoms with Gasteiger partial charge in [-0.25, -0.2) is 4.99 Å². The van der Waals surface area contributed by atoms with Crippen molar-refractivity contribution in [1.82, 2.24) is 15.5 Å². The van der Waals surface area contributed by atoms with Gasteiger partial charge in [-0.1, -0.05) is 31.2 Å². The number of aliphatic hydroxyl groups is 1. The van der Waals surface area contributed by atoms with Gasteiger partial charge in [0.2, 0.25) is 0 Å². The summed E-state index contributed by atoms with van der Waals surface area (Å²) in [4.78, 5) is 6.92. The normalized spacial score (nSPS) is 13.7. The second-order valence-corrected chi connectivity index (χ2v) is 6.95. The predicted molar refractivity (Wildman–Crippen MR) is 125 cm³/mol. The van der Waals surface area contributed by atoms with Crippen molar-refractivity contribution in [3.8, 4) is 0 Å². The van der Waals surface area contributed by atoms with Crippen molar-refractivity contribution in [2.75, 3.05) is 26.7 Å². The molecule has 1 atom stereocenters. The highest BCUT2D eigenvalue weighted by molar-refractivity contribution is 14.0. The molecule has 0 saturated heterocycles. The van der Waals surface area contributed by atoms with E-state index in [1.165, 1.54) is 5.56 Å². The summed E-state index contributed by atoms with van der Waals surface area (Å²) in [5.74, 6) is 1.19. The van der Waals surface area contributed by atoms with E-state index in [9.17, 15) is 5.11 Å². The average molecular weight is 500 g/mol. The maximum Gasteiger partial charge on any atom is 0.191 e. The third-order valence-electron chi connectivity index (χ3n) is 4.40. The molecule has 1 unspecified atom stereocenters. The fourth-order valence-corrected chi connectivity index (χ4v) is 2.69. The molecule has 0 aliphatic carbocycles. The molecule has 0 aliphatic heterocycles. The van der Waals surface area contributed by atoms with E-state index in [1.54, 1.807) is 25.3 Å². The zero-order valence-electron chi connectivity index (χ0n) is 17.2. The minimum atomic E-state index is -1.11. The molecule has 0 spiro atoms. The van der Waals surface area contributed by atoms with Gasteiger partial charge < -0.3 is 25.1 Å². The van der Waals surface area contributed by atoms with Crippen molar-refractivity contribution in [3.63, 3.8) is 0 Å². The minimum Gasteiger partial charge on any atom is -0.466 e. The Labute approximate surface area is 185 Å². The number of nitrogens with zero attached hydrogens (tertiary/aromatic N) is 2. The Bertz CT molecular complexity index is 717. The van der Waals surface area contributed by atoms with Gasteiger partial charge in [0.15, 0.2) is 5.96 Å². The van der Waals surface area contributed by atoms with Crippen molar-refractivity contribution in [2.24, 2.45) is 4.99 Å². The largest absolute Gasteiger partial charge is 0.466 e. The number of furan rings is 1. The molecule has 28 heavy (non-hydrogen) atoms. The Morgan fingerprint density at radius 1 is 1.18 bits per heavy atom. The second-order valence-electron chi connectivity index (χ2n) is 6.95. The van der Waals surface area contributed by atoms with Gasteiger partial charge in [-0.05, 0) is 50.7 Å². The zero-order valence-corrected chi connectivity index (χ0v) is 19.6. The fraction of sp³-hybridized carbons (Fsp3) is 0.476. The second kappa shape index (κ2) is 12.1. The monoisotopic (exact) mass is 500 g/mol. The molecule has 2 rings (SSSR count).